The summed E-state index contributed by atoms with van der Waals surface area (Å²) in [5, 5.41) is 0. The molecule has 0 aromatic heterocycles. The molecular weight excluding hydrogens is 255 g/mol. The van der Waals surface area contributed by atoms with Crippen molar-refractivity contribution < 1.29 is 18.8 Å². The summed E-state index contributed by atoms with van der Waals surface area (Å²) in [5.41, 5.74) is -0.715. The average Bonchev–Trinajstić information content (AvgIpc) is 3.00. The van der Waals surface area contributed by atoms with E-state index in [1.54, 1.807) is 0 Å². The van der Waals surface area contributed by atoms with Gasteiger partial charge in [-0.1, -0.05) is 12.2 Å². The van der Waals surface area contributed by atoms with Crippen LogP contribution in [0.25, 0.3) is 0 Å². The number of carbonyl (C=O) groups excluding carboxylic acids is 1. The Morgan fingerprint density at radius 3 is 2.25 bits per heavy atom. The second-order valence-electron chi connectivity index (χ2n) is 7.20. The number of allylic oxidation sites excluding steroid dienone is 2. The normalized spacial score (nSPS) is 40.4. The second kappa shape index (κ2) is 4.34. The lowest BCUT2D eigenvalue weighted by molar-refractivity contribution is -0.146. The lowest BCUT2D eigenvalue weighted by atomic mass is 9.60. The van der Waals surface area contributed by atoms with Crippen LogP contribution in [0.2, 0.25) is 5.82 Å². The molecule has 3 aliphatic rings. The molecule has 2 fully saturated rings. The summed E-state index contributed by atoms with van der Waals surface area (Å²) in [6, 6.07) is 0. The van der Waals surface area contributed by atoms with E-state index in [1.807, 2.05) is 27.7 Å². The highest BCUT2D eigenvalue weighted by molar-refractivity contribution is 6.48. The number of carbonyl (C=O) groups is 1. The average molecular weight is 278 g/mol. The number of hydrogen-bond acceptors (Lipinski definition) is 4. The summed E-state index contributed by atoms with van der Waals surface area (Å²) in [6.07, 6.45) is 5.36. The quantitative estimate of drug-likeness (QED) is 0.442. The van der Waals surface area contributed by atoms with Crippen molar-refractivity contribution in [2.75, 3.05) is 7.11 Å². The first kappa shape index (κ1) is 14.1. The smallest absolute Gasteiger partial charge is 0.462 e. The third-order valence-electron chi connectivity index (χ3n) is 5.58. The first-order valence-corrected chi connectivity index (χ1v) is 7.38. The highest BCUT2D eigenvalue weighted by Gasteiger charge is 2.61. The second-order valence-corrected chi connectivity index (χ2v) is 7.20. The van der Waals surface area contributed by atoms with Crippen LogP contribution in [0.3, 0.4) is 0 Å². The van der Waals surface area contributed by atoms with Crippen molar-refractivity contribution in [1.29, 1.82) is 0 Å². The van der Waals surface area contributed by atoms with Crippen LogP contribution in [0.4, 0.5) is 0 Å². The maximum atomic E-state index is 12.1. The van der Waals surface area contributed by atoms with Crippen molar-refractivity contribution >= 4 is 13.1 Å². The summed E-state index contributed by atoms with van der Waals surface area (Å²) in [5.74, 6) is 0.431. The van der Waals surface area contributed by atoms with Crippen LogP contribution in [0.5, 0.6) is 0 Å². The van der Waals surface area contributed by atoms with E-state index in [4.69, 9.17) is 14.0 Å². The van der Waals surface area contributed by atoms with Crippen LogP contribution in [0, 0.1) is 17.8 Å². The van der Waals surface area contributed by atoms with E-state index in [9.17, 15) is 4.79 Å². The SMILES string of the molecule is COC(=O)[C@@H]1C2C=CC(C2)[C@H]1B1OC(C)(C)C(C)(C)O1. The highest BCUT2D eigenvalue weighted by Crippen LogP contribution is 2.56. The molecule has 1 heterocycles. The summed E-state index contributed by atoms with van der Waals surface area (Å²) in [7, 11) is 1.13. The molecule has 0 aromatic carbocycles. The predicted molar refractivity (Wildman–Crippen MR) is 76.1 cm³/mol. The molecule has 5 heteroatoms. The van der Waals surface area contributed by atoms with Crippen LogP contribution in [-0.2, 0) is 18.8 Å². The van der Waals surface area contributed by atoms with E-state index in [1.165, 1.54) is 7.11 Å². The monoisotopic (exact) mass is 278 g/mol. The Morgan fingerprint density at radius 1 is 1.15 bits per heavy atom. The van der Waals surface area contributed by atoms with Gasteiger partial charge in [-0.15, -0.1) is 0 Å². The molecule has 0 aromatic rings. The summed E-state index contributed by atoms with van der Waals surface area (Å²) < 4.78 is 17.3. The van der Waals surface area contributed by atoms with Gasteiger partial charge in [0.15, 0.2) is 0 Å². The van der Waals surface area contributed by atoms with E-state index in [0.29, 0.717) is 5.92 Å². The van der Waals surface area contributed by atoms with E-state index in [0.717, 1.165) is 6.42 Å². The molecule has 2 bridgehead atoms. The van der Waals surface area contributed by atoms with Crippen molar-refractivity contribution in [3.05, 3.63) is 12.2 Å². The summed E-state index contributed by atoms with van der Waals surface area (Å²) in [6.45, 7) is 8.18. The Kier molecular flexibility index (Phi) is 3.07. The molecule has 0 N–H and O–H groups in total. The van der Waals surface area contributed by atoms with Gasteiger partial charge in [0.25, 0.3) is 0 Å². The van der Waals surface area contributed by atoms with Gasteiger partial charge in [0.05, 0.1) is 24.2 Å². The highest BCUT2D eigenvalue weighted by atomic mass is 16.7. The van der Waals surface area contributed by atoms with Crippen molar-refractivity contribution in [3.63, 3.8) is 0 Å². The van der Waals surface area contributed by atoms with Crippen molar-refractivity contribution in [1.82, 2.24) is 0 Å². The molecule has 20 heavy (non-hydrogen) atoms. The van der Waals surface area contributed by atoms with Gasteiger partial charge in [0.1, 0.15) is 0 Å². The Bertz CT molecular complexity index is 441. The van der Waals surface area contributed by atoms with Crippen LogP contribution >= 0.6 is 0 Å². The summed E-state index contributed by atoms with van der Waals surface area (Å²) in [4.78, 5) is 12.1. The zero-order valence-electron chi connectivity index (χ0n) is 12.9. The first-order chi connectivity index (χ1) is 9.27. The zero-order chi connectivity index (χ0) is 14.7. The number of esters is 1. The third kappa shape index (κ3) is 1.86. The van der Waals surface area contributed by atoms with E-state index < -0.39 is 0 Å². The molecular formula is C15H23BO4. The van der Waals surface area contributed by atoms with Crippen LogP contribution in [0.15, 0.2) is 12.2 Å². The topological polar surface area (TPSA) is 44.8 Å². The summed E-state index contributed by atoms with van der Waals surface area (Å²) >= 11 is 0. The van der Waals surface area contributed by atoms with Gasteiger partial charge >= 0.3 is 13.1 Å². The van der Waals surface area contributed by atoms with Gasteiger partial charge < -0.3 is 14.0 Å². The van der Waals surface area contributed by atoms with Gasteiger partial charge in [0.2, 0.25) is 0 Å². The molecule has 2 unspecified atom stereocenters. The molecule has 110 valence electrons. The Balaban J connectivity index is 1.87. The van der Waals surface area contributed by atoms with Crippen molar-refractivity contribution in [3.8, 4) is 0 Å². The maximum absolute atomic E-state index is 12.1. The van der Waals surface area contributed by atoms with Gasteiger partial charge in [-0.05, 0) is 46.0 Å². The molecule has 4 atom stereocenters. The zero-order valence-corrected chi connectivity index (χ0v) is 12.9. The fourth-order valence-corrected chi connectivity index (χ4v) is 3.75. The van der Waals surface area contributed by atoms with Crippen LogP contribution in [-0.4, -0.2) is 31.4 Å². The number of fused-ring (bicyclic) bond motifs is 2. The van der Waals surface area contributed by atoms with Gasteiger partial charge in [-0.25, -0.2) is 0 Å². The fourth-order valence-electron chi connectivity index (χ4n) is 3.75. The van der Waals surface area contributed by atoms with Crippen molar-refractivity contribution in [2.24, 2.45) is 17.8 Å². The number of methoxy groups -OCH3 is 1. The van der Waals surface area contributed by atoms with Crippen LogP contribution < -0.4 is 0 Å². The fraction of sp³-hybridized carbons (Fsp3) is 0.800. The minimum atomic E-state index is -0.357. The molecule has 4 nitrogen and oxygen atoms in total. The van der Waals surface area contributed by atoms with Crippen LogP contribution in [0.1, 0.15) is 34.1 Å². The number of rotatable bonds is 2. The Morgan fingerprint density at radius 2 is 1.70 bits per heavy atom. The molecule has 0 radical (unpaired) electrons. The molecule has 3 rings (SSSR count). The maximum Gasteiger partial charge on any atom is 0.462 e. The lowest BCUT2D eigenvalue weighted by Gasteiger charge is -2.32. The molecule has 1 saturated heterocycles. The number of hydrogen-bond donors (Lipinski definition) is 0. The minimum Gasteiger partial charge on any atom is -0.469 e. The molecule has 1 aliphatic heterocycles. The standard InChI is InChI=1S/C15H23BO4/c1-14(2)15(3,4)20-16(19-14)12-10-7-6-9(8-10)11(12)13(17)18-5/h6-7,9-12H,8H2,1-5H3/t9?,10?,11-,12-/m1/s1. The van der Waals surface area contributed by atoms with E-state index >= 15 is 0 Å². The van der Waals surface area contributed by atoms with Gasteiger partial charge in [-0.3, -0.25) is 4.79 Å². The largest absolute Gasteiger partial charge is 0.469 e. The molecule has 1 saturated carbocycles. The molecule has 2 aliphatic carbocycles. The van der Waals surface area contributed by atoms with Gasteiger partial charge in [0, 0.05) is 5.82 Å². The first-order valence-electron chi connectivity index (χ1n) is 7.38. The Labute approximate surface area is 121 Å². The molecule has 0 amide bonds. The van der Waals surface area contributed by atoms with Crippen molar-refractivity contribution in [2.45, 2.75) is 51.1 Å². The van der Waals surface area contributed by atoms with E-state index in [-0.39, 0.29) is 41.9 Å². The van der Waals surface area contributed by atoms with Gasteiger partial charge in [-0.2, -0.15) is 0 Å². The Hall–Kier alpha value is -0.805. The predicted octanol–water partition coefficient (Wildman–Crippen LogP) is 2.44. The minimum absolute atomic E-state index is 0.0681. The third-order valence-corrected chi connectivity index (χ3v) is 5.58. The molecule has 0 spiro atoms. The number of ether oxygens (including phenoxy) is 1. The lowest BCUT2D eigenvalue weighted by Crippen LogP contribution is -2.41. The van der Waals surface area contributed by atoms with E-state index in [2.05, 4.69) is 12.2 Å².